The van der Waals surface area contributed by atoms with Gasteiger partial charge in [-0.15, -0.1) is 0 Å². The lowest BCUT2D eigenvalue weighted by molar-refractivity contribution is -0.136. The fourth-order valence-corrected chi connectivity index (χ4v) is 2.10. The second-order valence-corrected chi connectivity index (χ2v) is 4.31. The first-order valence-corrected chi connectivity index (χ1v) is 5.74. The number of rotatable bonds is 3. The van der Waals surface area contributed by atoms with Gasteiger partial charge in [0.25, 0.3) is 0 Å². The molecule has 0 unspecified atom stereocenters. The zero-order valence-corrected chi connectivity index (χ0v) is 10.2. The fourth-order valence-electron chi connectivity index (χ4n) is 2.10. The Labute approximate surface area is 106 Å². The van der Waals surface area contributed by atoms with E-state index in [9.17, 15) is 4.79 Å². The van der Waals surface area contributed by atoms with E-state index in [2.05, 4.69) is 0 Å². The summed E-state index contributed by atoms with van der Waals surface area (Å²) in [5.74, 6) is -0.829. The second-order valence-electron chi connectivity index (χ2n) is 4.31. The van der Waals surface area contributed by atoms with Gasteiger partial charge < -0.3 is 10.8 Å². The van der Waals surface area contributed by atoms with Crippen LogP contribution in [0.2, 0.25) is 0 Å². The minimum Gasteiger partial charge on any atom is -0.481 e. The van der Waals surface area contributed by atoms with Gasteiger partial charge in [0.05, 0.1) is 6.42 Å². The van der Waals surface area contributed by atoms with E-state index in [1.165, 1.54) is 0 Å². The van der Waals surface area contributed by atoms with Gasteiger partial charge in [-0.1, -0.05) is 36.4 Å². The highest BCUT2D eigenvalue weighted by molar-refractivity contribution is 5.80. The molecular weight excluding hydrogens is 226 g/mol. The monoisotopic (exact) mass is 241 g/mol. The van der Waals surface area contributed by atoms with E-state index in [1.807, 2.05) is 49.4 Å². The minimum atomic E-state index is -0.829. The van der Waals surface area contributed by atoms with Crippen LogP contribution in [-0.4, -0.2) is 11.1 Å². The summed E-state index contributed by atoms with van der Waals surface area (Å²) >= 11 is 0. The molecule has 3 nitrogen and oxygen atoms in total. The first kappa shape index (κ1) is 12.2. The number of hydrogen-bond acceptors (Lipinski definition) is 2. The van der Waals surface area contributed by atoms with Crippen molar-refractivity contribution in [3.8, 4) is 11.1 Å². The molecule has 3 N–H and O–H groups in total. The van der Waals surface area contributed by atoms with Gasteiger partial charge in [-0.25, -0.2) is 0 Å². The van der Waals surface area contributed by atoms with Gasteiger partial charge in [0.1, 0.15) is 0 Å². The van der Waals surface area contributed by atoms with Gasteiger partial charge in [-0.3, -0.25) is 4.79 Å². The highest BCUT2D eigenvalue weighted by Crippen LogP contribution is 2.29. The summed E-state index contributed by atoms with van der Waals surface area (Å²) in [6, 6.07) is 13.3. The molecule has 0 atom stereocenters. The Hall–Kier alpha value is -2.29. The van der Waals surface area contributed by atoms with E-state index in [0.717, 1.165) is 22.3 Å². The summed E-state index contributed by atoms with van der Waals surface area (Å²) in [5.41, 5.74) is 10.5. The van der Waals surface area contributed by atoms with Gasteiger partial charge in [0.15, 0.2) is 0 Å². The molecule has 0 saturated heterocycles. The predicted molar refractivity (Wildman–Crippen MR) is 72.4 cm³/mol. The van der Waals surface area contributed by atoms with Crippen LogP contribution in [0.15, 0.2) is 42.5 Å². The van der Waals surface area contributed by atoms with Crippen LogP contribution in [0.4, 0.5) is 5.69 Å². The largest absolute Gasteiger partial charge is 0.481 e. The third-order valence-electron chi connectivity index (χ3n) is 2.88. The summed E-state index contributed by atoms with van der Waals surface area (Å²) < 4.78 is 0. The molecule has 3 heteroatoms. The summed E-state index contributed by atoms with van der Waals surface area (Å²) in [6.07, 6.45) is 0.0274. The molecule has 92 valence electrons. The van der Waals surface area contributed by atoms with Crippen molar-refractivity contribution in [3.63, 3.8) is 0 Å². The molecule has 0 fully saturated rings. The topological polar surface area (TPSA) is 63.3 Å². The fraction of sp³-hybridized carbons (Fsp3) is 0.133. The highest BCUT2D eigenvalue weighted by atomic mass is 16.4. The third kappa shape index (κ3) is 2.51. The number of carbonyl (C=O) groups is 1. The maximum absolute atomic E-state index is 10.7. The van der Waals surface area contributed by atoms with E-state index in [1.54, 1.807) is 0 Å². The second kappa shape index (κ2) is 4.92. The van der Waals surface area contributed by atoms with E-state index < -0.39 is 5.97 Å². The van der Waals surface area contributed by atoms with Crippen molar-refractivity contribution in [1.82, 2.24) is 0 Å². The van der Waals surface area contributed by atoms with Crippen LogP contribution in [0.25, 0.3) is 11.1 Å². The predicted octanol–water partition coefficient (Wildman–Crippen LogP) is 2.87. The van der Waals surface area contributed by atoms with Crippen LogP contribution in [-0.2, 0) is 11.2 Å². The number of hydrogen-bond donors (Lipinski definition) is 2. The molecule has 0 bridgehead atoms. The van der Waals surface area contributed by atoms with Crippen LogP contribution < -0.4 is 5.73 Å². The Morgan fingerprint density at radius 2 is 1.94 bits per heavy atom. The number of carboxylic acid groups (broad SMARTS) is 1. The van der Waals surface area contributed by atoms with Crippen LogP contribution in [0.5, 0.6) is 0 Å². The summed E-state index contributed by atoms with van der Waals surface area (Å²) in [6.45, 7) is 2.00. The number of benzene rings is 2. The van der Waals surface area contributed by atoms with Gasteiger partial charge >= 0.3 is 5.97 Å². The molecule has 18 heavy (non-hydrogen) atoms. The molecule has 0 aliphatic heterocycles. The Morgan fingerprint density at radius 3 is 2.61 bits per heavy atom. The molecule has 2 aromatic rings. The molecule has 0 amide bonds. The minimum absolute atomic E-state index is 0.0274. The normalized spacial score (nSPS) is 10.3. The van der Waals surface area contributed by atoms with Crippen molar-refractivity contribution >= 4 is 11.7 Å². The van der Waals surface area contributed by atoms with Crippen molar-refractivity contribution < 1.29 is 9.90 Å². The standard InChI is InChI=1S/C15H15NO2/c1-10-4-2-7-13(16)15(10)12-6-3-5-11(8-12)9-14(17)18/h2-8H,9,16H2,1H3,(H,17,18). The third-order valence-corrected chi connectivity index (χ3v) is 2.88. The van der Waals surface area contributed by atoms with Crippen molar-refractivity contribution in [2.24, 2.45) is 0 Å². The van der Waals surface area contributed by atoms with Gasteiger partial charge in [-0.05, 0) is 29.7 Å². The summed E-state index contributed by atoms with van der Waals surface area (Å²) in [4.78, 5) is 10.7. The molecule has 0 aliphatic carbocycles. The molecule has 0 saturated carbocycles. The lowest BCUT2D eigenvalue weighted by atomic mass is 9.96. The number of nitrogen functional groups attached to an aromatic ring is 1. The quantitative estimate of drug-likeness (QED) is 0.812. The number of aryl methyl sites for hydroxylation is 1. The Morgan fingerprint density at radius 1 is 1.22 bits per heavy atom. The number of aliphatic carboxylic acids is 1. The molecule has 0 spiro atoms. The average Bonchev–Trinajstić information content (AvgIpc) is 2.28. The smallest absolute Gasteiger partial charge is 0.307 e. The van der Waals surface area contributed by atoms with Gasteiger partial charge in [0.2, 0.25) is 0 Å². The van der Waals surface area contributed by atoms with Crippen LogP contribution in [0.1, 0.15) is 11.1 Å². The lowest BCUT2D eigenvalue weighted by Gasteiger charge is -2.10. The van der Waals surface area contributed by atoms with Crippen molar-refractivity contribution in [2.75, 3.05) is 5.73 Å². The first-order valence-electron chi connectivity index (χ1n) is 5.74. The Kier molecular flexibility index (Phi) is 3.33. The maximum atomic E-state index is 10.7. The van der Waals surface area contributed by atoms with E-state index >= 15 is 0 Å². The van der Waals surface area contributed by atoms with Crippen LogP contribution >= 0.6 is 0 Å². The highest BCUT2D eigenvalue weighted by Gasteiger charge is 2.07. The number of anilines is 1. The van der Waals surface area contributed by atoms with E-state index in [0.29, 0.717) is 5.69 Å². The van der Waals surface area contributed by atoms with Crippen molar-refractivity contribution in [2.45, 2.75) is 13.3 Å². The molecule has 0 aromatic heterocycles. The van der Waals surface area contributed by atoms with Crippen molar-refractivity contribution in [3.05, 3.63) is 53.6 Å². The SMILES string of the molecule is Cc1cccc(N)c1-c1cccc(CC(=O)O)c1. The number of nitrogens with two attached hydrogens (primary N) is 1. The summed E-state index contributed by atoms with van der Waals surface area (Å²) in [5, 5.41) is 8.81. The van der Waals surface area contributed by atoms with Gasteiger partial charge in [-0.2, -0.15) is 0 Å². The van der Waals surface area contributed by atoms with E-state index in [-0.39, 0.29) is 6.42 Å². The zero-order valence-electron chi connectivity index (χ0n) is 10.2. The lowest BCUT2D eigenvalue weighted by Crippen LogP contribution is -2.00. The molecular formula is C15H15NO2. The summed E-state index contributed by atoms with van der Waals surface area (Å²) in [7, 11) is 0. The Balaban J connectivity index is 2.48. The first-order chi connectivity index (χ1) is 8.58. The molecule has 2 rings (SSSR count). The van der Waals surface area contributed by atoms with E-state index in [4.69, 9.17) is 10.8 Å². The Bertz CT molecular complexity index is 571. The van der Waals surface area contributed by atoms with Crippen LogP contribution in [0.3, 0.4) is 0 Å². The van der Waals surface area contributed by atoms with Crippen molar-refractivity contribution in [1.29, 1.82) is 0 Å². The van der Waals surface area contributed by atoms with Crippen LogP contribution in [0, 0.1) is 6.92 Å². The van der Waals surface area contributed by atoms with Gasteiger partial charge in [0, 0.05) is 11.3 Å². The zero-order chi connectivity index (χ0) is 13.1. The molecule has 0 radical (unpaired) electrons. The molecule has 2 aromatic carbocycles. The molecule has 0 heterocycles. The number of carboxylic acids is 1. The maximum Gasteiger partial charge on any atom is 0.307 e. The molecule has 0 aliphatic rings. The average molecular weight is 241 g/mol.